The average molecular weight is 192 g/mol. The third-order valence-electron chi connectivity index (χ3n) is 2.49. The van der Waals surface area contributed by atoms with E-state index in [1.54, 1.807) is 6.20 Å². The topological polar surface area (TPSA) is 54.2 Å². The first kappa shape index (κ1) is 9.27. The Balaban J connectivity index is 2.22. The number of pyridine rings is 1. The van der Waals surface area contributed by atoms with Crippen LogP contribution >= 0.6 is 0 Å². The van der Waals surface area contributed by atoms with Crippen LogP contribution in [0.25, 0.3) is 0 Å². The highest BCUT2D eigenvalue weighted by Crippen LogP contribution is 2.18. The van der Waals surface area contributed by atoms with Gasteiger partial charge in [-0.25, -0.2) is 4.98 Å². The highest BCUT2D eigenvalue weighted by atomic mass is 15.2. The second-order valence-corrected chi connectivity index (χ2v) is 3.65. The van der Waals surface area contributed by atoms with Crippen LogP contribution in [0.15, 0.2) is 12.3 Å². The van der Waals surface area contributed by atoms with Gasteiger partial charge in [-0.05, 0) is 18.6 Å². The summed E-state index contributed by atoms with van der Waals surface area (Å²) in [4.78, 5) is 6.67. The van der Waals surface area contributed by atoms with Gasteiger partial charge in [0.2, 0.25) is 0 Å². The standard InChI is InChI=1S/C10H16N4/c1-8-6-9(11)7-13-10(8)14-4-2-12-3-5-14/h6-7,12H,2-5,11H2,1H3. The number of rotatable bonds is 1. The van der Waals surface area contributed by atoms with Gasteiger partial charge in [-0.15, -0.1) is 0 Å². The maximum atomic E-state index is 5.66. The van der Waals surface area contributed by atoms with Crippen LogP contribution in [0.1, 0.15) is 5.56 Å². The minimum Gasteiger partial charge on any atom is -0.397 e. The zero-order valence-corrected chi connectivity index (χ0v) is 8.45. The summed E-state index contributed by atoms with van der Waals surface area (Å²) in [5.74, 6) is 1.07. The Morgan fingerprint density at radius 3 is 2.79 bits per heavy atom. The number of anilines is 2. The third-order valence-corrected chi connectivity index (χ3v) is 2.49. The second-order valence-electron chi connectivity index (χ2n) is 3.65. The van der Waals surface area contributed by atoms with Gasteiger partial charge >= 0.3 is 0 Å². The van der Waals surface area contributed by atoms with Crippen LogP contribution < -0.4 is 16.0 Å². The summed E-state index contributed by atoms with van der Waals surface area (Å²) in [7, 11) is 0. The molecule has 1 aliphatic heterocycles. The van der Waals surface area contributed by atoms with E-state index >= 15 is 0 Å². The number of aryl methyl sites for hydroxylation is 1. The van der Waals surface area contributed by atoms with Crippen molar-refractivity contribution in [3.8, 4) is 0 Å². The molecule has 0 spiro atoms. The Labute approximate surface area is 84.1 Å². The number of nitrogens with two attached hydrogens (primary N) is 1. The molecule has 0 aliphatic carbocycles. The maximum Gasteiger partial charge on any atom is 0.131 e. The predicted molar refractivity (Wildman–Crippen MR) is 58.5 cm³/mol. The summed E-state index contributed by atoms with van der Waals surface area (Å²) in [6.45, 7) is 6.17. The van der Waals surface area contributed by atoms with Crippen LogP contribution in [0.5, 0.6) is 0 Å². The van der Waals surface area contributed by atoms with Crippen molar-refractivity contribution in [1.82, 2.24) is 10.3 Å². The molecule has 1 aromatic rings. The Hall–Kier alpha value is -1.29. The Kier molecular flexibility index (Phi) is 2.54. The molecule has 1 aromatic heterocycles. The molecule has 4 nitrogen and oxygen atoms in total. The van der Waals surface area contributed by atoms with Gasteiger partial charge in [0.25, 0.3) is 0 Å². The lowest BCUT2D eigenvalue weighted by Crippen LogP contribution is -2.44. The van der Waals surface area contributed by atoms with Crippen molar-refractivity contribution in [3.63, 3.8) is 0 Å². The van der Waals surface area contributed by atoms with E-state index in [0.717, 1.165) is 43.2 Å². The van der Waals surface area contributed by atoms with Gasteiger partial charge in [0.05, 0.1) is 11.9 Å². The largest absolute Gasteiger partial charge is 0.397 e. The van der Waals surface area contributed by atoms with Gasteiger partial charge in [-0.1, -0.05) is 0 Å². The van der Waals surface area contributed by atoms with Gasteiger partial charge in [0, 0.05) is 26.2 Å². The zero-order chi connectivity index (χ0) is 9.97. The maximum absolute atomic E-state index is 5.66. The normalized spacial score (nSPS) is 17.1. The van der Waals surface area contributed by atoms with Crippen molar-refractivity contribution in [3.05, 3.63) is 17.8 Å². The summed E-state index contributed by atoms with van der Waals surface area (Å²) in [6, 6.07) is 1.98. The second kappa shape index (κ2) is 3.84. The molecule has 14 heavy (non-hydrogen) atoms. The quantitative estimate of drug-likeness (QED) is 0.675. The van der Waals surface area contributed by atoms with Gasteiger partial charge in [0.15, 0.2) is 0 Å². The lowest BCUT2D eigenvalue weighted by atomic mass is 10.2. The zero-order valence-electron chi connectivity index (χ0n) is 8.45. The fourth-order valence-electron chi connectivity index (χ4n) is 1.80. The number of hydrogen-bond donors (Lipinski definition) is 2. The SMILES string of the molecule is Cc1cc(N)cnc1N1CCNCC1. The van der Waals surface area contributed by atoms with Crippen molar-refractivity contribution < 1.29 is 0 Å². The van der Waals surface area contributed by atoms with E-state index in [2.05, 4.69) is 22.1 Å². The van der Waals surface area contributed by atoms with E-state index in [9.17, 15) is 0 Å². The first-order valence-corrected chi connectivity index (χ1v) is 4.95. The summed E-state index contributed by atoms with van der Waals surface area (Å²) in [5, 5.41) is 3.32. The van der Waals surface area contributed by atoms with Crippen molar-refractivity contribution in [2.45, 2.75) is 6.92 Å². The molecule has 76 valence electrons. The number of nitrogens with zero attached hydrogens (tertiary/aromatic N) is 2. The van der Waals surface area contributed by atoms with E-state index in [1.807, 2.05) is 6.07 Å². The first-order valence-electron chi connectivity index (χ1n) is 4.95. The van der Waals surface area contributed by atoms with Crippen LogP contribution in [-0.4, -0.2) is 31.2 Å². The summed E-state index contributed by atoms with van der Waals surface area (Å²) < 4.78 is 0. The molecule has 1 fully saturated rings. The lowest BCUT2D eigenvalue weighted by molar-refractivity contribution is 0.584. The Morgan fingerprint density at radius 1 is 1.43 bits per heavy atom. The molecule has 3 N–H and O–H groups in total. The van der Waals surface area contributed by atoms with Crippen molar-refractivity contribution in [1.29, 1.82) is 0 Å². The molecule has 0 aromatic carbocycles. The fourth-order valence-corrected chi connectivity index (χ4v) is 1.80. The van der Waals surface area contributed by atoms with E-state index in [0.29, 0.717) is 0 Å². The molecule has 0 atom stereocenters. The predicted octanol–water partition coefficient (Wildman–Crippen LogP) is 0.382. The van der Waals surface area contributed by atoms with E-state index in [-0.39, 0.29) is 0 Å². The molecule has 0 unspecified atom stereocenters. The minimum absolute atomic E-state index is 0.737. The van der Waals surface area contributed by atoms with Crippen molar-refractivity contribution >= 4 is 11.5 Å². The molecule has 2 rings (SSSR count). The molecule has 0 radical (unpaired) electrons. The van der Waals surface area contributed by atoms with E-state index in [4.69, 9.17) is 5.73 Å². The Bertz CT molecular complexity index is 318. The van der Waals surface area contributed by atoms with Crippen molar-refractivity contribution in [2.75, 3.05) is 36.8 Å². The van der Waals surface area contributed by atoms with E-state index < -0.39 is 0 Å². The average Bonchev–Trinajstić information content (AvgIpc) is 2.19. The number of piperazine rings is 1. The molecule has 0 bridgehead atoms. The van der Waals surface area contributed by atoms with Crippen LogP contribution in [-0.2, 0) is 0 Å². The van der Waals surface area contributed by atoms with Crippen LogP contribution in [0.2, 0.25) is 0 Å². The molecular weight excluding hydrogens is 176 g/mol. The van der Waals surface area contributed by atoms with Crippen LogP contribution in [0.4, 0.5) is 11.5 Å². The minimum atomic E-state index is 0.737. The molecular formula is C10H16N4. The number of hydrogen-bond acceptors (Lipinski definition) is 4. The highest BCUT2D eigenvalue weighted by Gasteiger charge is 2.13. The fraction of sp³-hybridized carbons (Fsp3) is 0.500. The molecule has 4 heteroatoms. The number of nitrogens with one attached hydrogen (secondary N) is 1. The first-order chi connectivity index (χ1) is 6.77. The monoisotopic (exact) mass is 192 g/mol. The lowest BCUT2D eigenvalue weighted by Gasteiger charge is -2.29. The van der Waals surface area contributed by atoms with Gasteiger partial charge in [-0.3, -0.25) is 0 Å². The number of nitrogen functional groups attached to an aromatic ring is 1. The molecule has 2 heterocycles. The van der Waals surface area contributed by atoms with Crippen LogP contribution in [0.3, 0.4) is 0 Å². The molecule has 0 amide bonds. The highest BCUT2D eigenvalue weighted by molar-refractivity contribution is 5.52. The molecule has 1 saturated heterocycles. The summed E-state index contributed by atoms with van der Waals surface area (Å²) in [6.07, 6.45) is 1.73. The molecule has 1 aliphatic rings. The third kappa shape index (κ3) is 1.80. The molecule has 0 saturated carbocycles. The van der Waals surface area contributed by atoms with E-state index in [1.165, 1.54) is 0 Å². The van der Waals surface area contributed by atoms with Gasteiger partial charge in [0.1, 0.15) is 5.82 Å². The van der Waals surface area contributed by atoms with Gasteiger partial charge in [-0.2, -0.15) is 0 Å². The number of aromatic nitrogens is 1. The smallest absolute Gasteiger partial charge is 0.131 e. The Morgan fingerprint density at radius 2 is 2.14 bits per heavy atom. The summed E-state index contributed by atoms with van der Waals surface area (Å²) >= 11 is 0. The summed E-state index contributed by atoms with van der Waals surface area (Å²) in [5.41, 5.74) is 7.56. The van der Waals surface area contributed by atoms with Gasteiger partial charge < -0.3 is 16.0 Å². The van der Waals surface area contributed by atoms with Crippen LogP contribution in [0, 0.1) is 6.92 Å². The van der Waals surface area contributed by atoms with Crippen molar-refractivity contribution in [2.24, 2.45) is 0 Å².